The number of hydrogen-bond donors (Lipinski definition) is 1. The molecule has 98 valence electrons. The van der Waals surface area contributed by atoms with Gasteiger partial charge < -0.3 is 10.2 Å². The molecule has 1 N–H and O–H groups in total. The molecule has 0 aromatic rings. The van der Waals surface area contributed by atoms with Crippen LogP contribution in [0.4, 0.5) is 0 Å². The van der Waals surface area contributed by atoms with Gasteiger partial charge in [0.25, 0.3) is 0 Å². The van der Waals surface area contributed by atoms with Crippen molar-refractivity contribution in [1.29, 1.82) is 0 Å². The summed E-state index contributed by atoms with van der Waals surface area (Å²) in [6.45, 7) is 2.61. The van der Waals surface area contributed by atoms with Gasteiger partial charge >= 0.3 is 0 Å². The third-order valence-corrected chi connectivity index (χ3v) is 5.22. The third kappa shape index (κ3) is 2.25. The van der Waals surface area contributed by atoms with Crippen molar-refractivity contribution in [2.45, 2.75) is 62.7 Å². The van der Waals surface area contributed by atoms with Crippen molar-refractivity contribution in [1.82, 2.24) is 15.1 Å². The second-order valence-corrected chi connectivity index (χ2v) is 6.35. The molecule has 0 aliphatic carbocycles. The highest BCUT2D eigenvalue weighted by Crippen LogP contribution is 2.38. The summed E-state index contributed by atoms with van der Waals surface area (Å²) < 4.78 is 0. The molecule has 0 aromatic carbocycles. The number of rotatable bonds is 2. The number of hydrogen-bond acceptors (Lipinski definition) is 3. The fourth-order valence-electron chi connectivity index (χ4n) is 4.43. The lowest BCUT2D eigenvalue weighted by Gasteiger charge is -2.46. The Bertz CT molecular complexity index is 254. The minimum Gasteiger partial charge on any atom is -0.317 e. The van der Waals surface area contributed by atoms with Crippen LogP contribution in [-0.4, -0.2) is 61.2 Å². The van der Waals surface area contributed by atoms with E-state index in [9.17, 15) is 0 Å². The molecule has 0 amide bonds. The largest absolute Gasteiger partial charge is 0.317 e. The molecule has 17 heavy (non-hydrogen) atoms. The van der Waals surface area contributed by atoms with Crippen LogP contribution in [0.5, 0.6) is 0 Å². The molecule has 3 rings (SSSR count). The van der Waals surface area contributed by atoms with Crippen LogP contribution in [0.25, 0.3) is 0 Å². The molecule has 3 heterocycles. The van der Waals surface area contributed by atoms with Crippen molar-refractivity contribution in [2.24, 2.45) is 0 Å². The highest BCUT2D eigenvalue weighted by atomic mass is 15.3. The Morgan fingerprint density at radius 2 is 1.71 bits per heavy atom. The number of fused-ring (bicyclic) bond motifs is 2. The van der Waals surface area contributed by atoms with Gasteiger partial charge in [-0.2, -0.15) is 0 Å². The zero-order valence-electron chi connectivity index (χ0n) is 11.4. The molecule has 3 fully saturated rings. The number of likely N-dealkylation sites (N-methyl/N-ethyl adjacent to an activating group) is 1. The standard InChI is InChI=1S/C14H27N3/c1-15-11-8-12-5-6-13(9-11)17(12)14-4-3-7-16(2)10-14/h11-15H,3-10H2,1-2H3. The summed E-state index contributed by atoms with van der Waals surface area (Å²) in [5.74, 6) is 0. The van der Waals surface area contributed by atoms with Crippen LogP contribution in [0, 0.1) is 0 Å². The molecule has 2 bridgehead atoms. The Kier molecular flexibility index (Phi) is 3.42. The fourth-order valence-corrected chi connectivity index (χ4v) is 4.43. The van der Waals surface area contributed by atoms with Gasteiger partial charge in [0.2, 0.25) is 0 Å². The zero-order valence-corrected chi connectivity index (χ0v) is 11.4. The van der Waals surface area contributed by atoms with E-state index in [4.69, 9.17) is 0 Å². The predicted octanol–water partition coefficient (Wildman–Crippen LogP) is 1.30. The molecule has 3 heteroatoms. The first-order valence-electron chi connectivity index (χ1n) is 7.41. The van der Waals surface area contributed by atoms with E-state index in [2.05, 4.69) is 29.2 Å². The second-order valence-electron chi connectivity index (χ2n) is 6.35. The van der Waals surface area contributed by atoms with Crippen molar-refractivity contribution < 1.29 is 0 Å². The molecular weight excluding hydrogens is 210 g/mol. The highest BCUT2D eigenvalue weighted by molar-refractivity contribution is 5.00. The third-order valence-electron chi connectivity index (χ3n) is 5.22. The van der Waals surface area contributed by atoms with Gasteiger partial charge in [0.05, 0.1) is 0 Å². The molecular formula is C14H27N3. The Balaban J connectivity index is 1.68. The number of likely N-dealkylation sites (tertiary alicyclic amines) is 1. The van der Waals surface area contributed by atoms with E-state index in [0.29, 0.717) is 0 Å². The second kappa shape index (κ2) is 4.87. The quantitative estimate of drug-likeness (QED) is 0.781. The van der Waals surface area contributed by atoms with Gasteiger partial charge in [-0.05, 0) is 59.2 Å². The summed E-state index contributed by atoms with van der Waals surface area (Å²) >= 11 is 0. The van der Waals surface area contributed by atoms with Crippen molar-refractivity contribution >= 4 is 0 Å². The van der Waals surface area contributed by atoms with Gasteiger partial charge in [0.1, 0.15) is 0 Å². The summed E-state index contributed by atoms with van der Waals surface area (Å²) in [6, 6.07) is 3.39. The molecule has 3 aliphatic rings. The Morgan fingerprint density at radius 1 is 1.00 bits per heavy atom. The SMILES string of the molecule is CNC1CC2CCC(C1)N2C1CCCN(C)C1. The van der Waals surface area contributed by atoms with Crippen LogP contribution >= 0.6 is 0 Å². The lowest BCUT2D eigenvalue weighted by molar-refractivity contribution is 0.0343. The average molecular weight is 237 g/mol. The van der Waals surface area contributed by atoms with Gasteiger partial charge in [0, 0.05) is 30.7 Å². The van der Waals surface area contributed by atoms with Crippen LogP contribution in [0.15, 0.2) is 0 Å². The van der Waals surface area contributed by atoms with Gasteiger partial charge in [-0.1, -0.05) is 0 Å². The molecule has 0 spiro atoms. The Morgan fingerprint density at radius 3 is 2.29 bits per heavy atom. The summed E-state index contributed by atoms with van der Waals surface area (Å²) in [5, 5.41) is 3.50. The van der Waals surface area contributed by atoms with Crippen LogP contribution < -0.4 is 5.32 Å². The van der Waals surface area contributed by atoms with Crippen molar-refractivity contribution in [3.05, 3.63) is 0 Å². The Hall–Kier alpha value is -0.120. The maximum atomic E-state index is 3.50. The first-order valence-corrected chi connectivity index (χ1v) is 7.41. The zero-order chi connectivity index (χ0) is 11.8. The molecule has 0 radical (unpaired) electrons. The smallest absolute Gasteiger partial charge is 0.0229 e. The van der Waals surface area contributed by atoms with Crippen LogP contribution in [0.3, 0.4) is 0 Å². The summed E-state index contributed by atoms with van der Waals surface area (Å²) in [5.41, 5.74) is 0. The van der Waals surface area contributed by atoms with Crippen LogP contribution in [0.1, 0.15) is 38.5 Å². The molecule has 3 nitrogen and oxygen atoms in total. The summed E-state index contributed by atoms with van der Waals surface area (Å²) in [4.78, 5) is 5.43. The average Bonchev–Trinajstić information content (AvgIpc) is 2.60. The minimum absolute atomic E-state index is 0.782. The summed E-state index contributed by atoms with van der Waals surface area (Å²) in [6.07, 6.45) is 8.49. The van der Waals surface area contributed by atoms with E-state index in [1.165, 1.54) is 51.6 Å². The molecule has 3 unspecified atom stereocenters. The maximum absolute atomic E-state index is 3.50. The number of piperidine rings is 2. The van der Waals surface area contributed by atoms with Crippen molar-refractivity contribution in [3.8, 4) is 0 Å². The van der Waals surface area contributed by atoms with Crippen molar-refractivity contribution in [3.63, 3.8) is 0 Å². The number of nitrogens with one attached hydrogen (secondary N) is 1. The Labute approximate surface area is 106 Å². The predicted molar refractivity (Wildman–Crippen MR) is 71.2 cm³/mol. The van der Waals surface area contributed by atoms with Crippen molar-refractivity contribution in [2.75, 3.05) is 27.2 Å². The molecule has 3 saturated heterocycles. The van der Waals surface area contributed by atoms with E-state index in [1.807, 2.05) is 0 Å². The van der Waals surface area contributed by atoms with E-state index >= 15 is 0 Å². The molecule has 0 aromatic heterocycles. The van der Waals surface area contributed by atoms with Gasteiger partial charge in [0.15, 0.2) is 0 Å². The monoisotopic (exact) mass is 237 g/mol. The van der Waals surface area contributed by atoms with E-state index in [1.54, 1.807) is 0 Å². The topological polar surface area (TPSA) is 18.5 Å². The lowest BCUT2D eigenvalue weighted by Crippen LogP contribution is -2.56. The summed E-state index contributed by atoms with van der Waals surface area (Å²) in [7, 11) is 4.42. The van der Waals surface area contributed by atoms with Crippen LogP contribution in [-0.2, 0) is 0 Å². The van der Waals surface area contributed by atoms with Gasteiger partial charge in [-0.15, -0.1) is 0 Å². The molecule has 3 atom stereocenters. The molecule has 3 aliphatic heterocycles. The van der Waals surface area contributed by atoms with Gasteiger partial charge in [-0.25, -0.2) is 0 Å². The lowest BCUT2D eigenvalue weighted by atomic mass is 9.93. The maximum Gasteiger partial charge on any atom is 0.0229 e. The first-order chi connectivity index (χ1) is 8.28. The molecule has 0 saturated carbocycles. The van der Waals surface area contributed by atoms with E-state index in [0.717, 1.165) is 24.2 Å². The minimum atomic E-state index is 0.782. The van der Waals surface area contributed by atoms with Crippen LogP contribution in [0.2, 0.25) is 0 Å². The highest BCUT2D eigenvalue weighted by Gasteiger charge is 2.43. The van der Waals surface area contributed by atoms with E-state index in [-0.39, 0.29) is 0 Å². The normalized spacial score (nSPS) is 44.1. The van der Waals surface area contributed by atoms with Gasteiger partial charge in [-0.3, -0.25) is 4.90 Å². The first kappa shape index (κ1) is 11.9. The van der Waals surface area contributed by atoms with E-state index < -0.39 is 0 Å². The number of nitrogens with zero attached hydrogens (tertiary/aromatic N) is 2. The fraction of sp³-hybridized carbons (Fsp3) is 1.00.